The highest BCUT2D eigenvalue weighted by atomic mass is 32.2. The van der Waals surface area contributed by atoms with Gasteiger partial charge in [-0.3, -0.25) is 0 Å². The third kappa shape index (κ3) is 11.5. The van der Waals surface area contributed by atoms with E-state index in [0.29, 0.717) is 13.1 Å². The summed E-state index contributed by atoms with van der Waals surface area (Å²) in [5, 5.41) is 9.25. The Labute approximate surface area is 107 Å². The van der Waals surface area contributed by atoms with Crippen LogP contribution in [0.3, 0.4) is 0 Å². The Morgan fingerprint density at radius 3 is 1.81 bits per heavy atom. The first kappa shape index (κ1) is 15.4. The highest BCUT2D eigenvalue weighted by Crippen LogP contribution is 2.01. The predicted molar refractivity (Wildman–Crippen MR) is 75.9 cm³/mol. The van der Waals surface area contributed by atoms with Crippen molar-refractivity contribution in [2.45, 2.75) is 12.8 Å². The largest absolute Gasteiger partial charge is 0.338 e. The lowest BCUT2D eigenvalue weighted by Gasteiger charge is -2.06. The van der Waals surface area contributed by atoms with Gasteiger partial charge in [-0.15, -0.1) is 23.5 Å². The van der Waals surface area contributed by atoms with E-state index in [-0.39, 0.29) is 6.03 Å². The molecule has 0 rings (SSSR count). The van der Waals surface area contributed by atoms with Crippen LogP contribution < -0.4 is 10.6 Å². The third-order valence-corrected chi connectivity index (χ3v) is 3.20. The number of carbonyl (C=O) groups excluding carboxylic acids is 1. The number of carbonyl (C=O) groups is 1. The second-order valence-electron chi connectivity index (χ2n) is 2.96. The van der Waals surface area contributed by atoms with E-state index in [2.05, 4.69) is 23.8 Å². The lowest BCUT2D eigenvalue weighted by molar-refractivity contribution is 0.241. The topological polar surface area (TPSA) is 41.1 Å². The number of hydrogen-bond acceptors (Lipinski definition) is 3. The fraction of sp³-hybridized carbons (Fsp3) is 0.545. The number of hydrogen-bond donors (Lipinski definition) is 2. The molecule has 0 unspecified atom stereocenters. The van der Waals surface area contributed by atoms with Crippen LogP contribution in [0.4, 0.5) is 4.79 Å². The molecule has 16 heavy (non-hydrogen) atoms. The first-order valence-electron chi connectivity index (χ1n) is 5.28. The van der Waals surface area contributed by atoms with E-state index in [0.717, 1.165) is 24.3 Å². The van der Waals surface area contributed by atoms with Crippen molar-refractivity contribution in [1.82, 2.24) is 10.6 Å². The predicted octanol–water partition coefficient (Wildman–Crippen LogP) is 2.82. The maximum absolute atomic E-state index is 11.2. The van der Waals surface area contributed by atoms with Crippen molar-refractivity contribution in [3.8, 4) is 0 Å². The lowest BCUT2D eigenvalue weighted by Crippen LogP contribution is -2.36. The molecule has 2 N–H and O–H groups in total. The zero-order chi connectivity index (χ0) is 12.1. The monoisotopic (exact) mass is 260 g/mol. The Balaban J connectivity index is 3.18. The van der Waals surface area contributed by atoms with Crippen LogP contribution in [-0.2, 0) is 0 Å². The van der Waals surface area contributed by atoms with Crippen molar-refractivity contribution < 1.29 is 4.79 Å². The van der Waals surface area contributed by atoms with Gasteiger partial charge < -0.3 is 10.6 Å². The average Bonchev–Trinajstić information content (AvgIpc) is 2.28. The number of urea groups is 1. The summed E-state index contributed by atoms with van der Waals surface area (Å²) in [6.07, 6.45) is 1.94. The van der Waals surface area contributed by atoms with Crippen LogP contribution in [0.1, 0.15) is 12.8 Å². The third-order valence-electron chi connectivity index (χ3n) is 1.68. The summed E-state index contributed by atoms with van der Waals surface area (Å²) in [5.41, 5.74) is 0. The van der Waals surface area contributed by atoms with Crippen molar-refractivity contribution in [2.24, 2.45) is 0 Å². The van der Waals surface area contributed by atoms with Crippen LogP contribution >= 0.6 is 23.5 Å². The average molecular weight is 260 g/mol. The van der Waals surface area contributed by atoms with Crippen LogP contribution in [0.25, 0.3) is 0 Å². The zero-order valence-corrected chi connectivity index (χ0v) is 11.2. The highest BCUT2D eigenvalue weighted by molar-refractivity contribution is 8.02. The van der Waals surface area contributed by atoms with Crippen LogP contribution in [0.15, 0.2) is 24.0 Å². The SMILES string of the molecule is C=CSCCCNC(=O)NCCCSC=C. The van der Waals surface area contributed by atoms with E-state index in [1.807, 2.05) is 10.8 Å². The van der Waals surface area contributed by atoms with Crippen molar-refractivity contribution in [3.05, 3.63) is 24.0 Å². The molecule has 0 bridgehead atoms. The molecule has 0 aromatic heterocycles. The Morgan fingerprint density at radius 2 is 1.44 bits per heavy atom. The summed E-state index contributed by atoms with van der Waals surface area (Å²) in [4.78, 5) is 11.2. The van der Waals surface area contributed by atoms with Crippen molar-refractivity contribution >= 4 is 29.6 Å². The molecule has 0 heterocycles. The normalized spacial score (nSPS) is 9.50. The van der Waals surface area contributed by atoms with Gasteiger partial charge in [-0.05, 0) is 35.2 Å². The molecule has 0 saturated heterocycles. The number of amides is 2. The maximum Gasteiger partial charge on any atom is 0.314 e. The van der Waals surface area contributed by atoms with Gasteiger partial charge in [0.25, 0.3) is 0 Å². The van der Waals surface area contributed by atoms with Crippen molar-refractivity contribution in [1.29, 1.82) is 0 Å². The number of nitrogens with one attached hydrogen (secondary N) is 2. The van der Waals surface area contributed by atoms with Crippen LogP contribution in [0.2, 0.25) is 0 Å². The molecule has 92 valence electrons. The minimum Gasteiger partial charge on any atom is -0.338 e. The minimum atomic E-state index is -0.0767. The molecule has 5 heteroatoms. The summed E-state index contributed by atoms with van der Waals surface area (Å²) >= 11 is 3.33. The van der Waals surface area contributed by atoms with Gasteiger partial charge in [0.15, 0.2) is 0 Å². The van der Waals surface area contributed by atoms with E-state index in [9.17, 15) is 4.79 Å². The minimum absolute atomic E-state index is 0.0767. The Morgan fingerprint density at radius 1 is 1.00 bits per heavy atom. The molecule has 0 spiro atoms. The fourth-order valence-corrected chi connectivity index (χ4v) is 1.90. The summed E-state index contributed by atoms with van der Waals surface area (Å²) in [6.45, 7) is 8.66. The Kier molecular flexibility index (Phi) is 12.1. The summed E-state index contributed by atoms with van der Waals surface area (Å²) < 4.78 is 0. The van der Waals surface area contributed by atoms with Gasteiger partial charge >= 0.3 is 6.03 Å². The fourth-order valence-electron chi connectivity index (χ4n) is 0.944. The van der Waals surface area contributed by atoms with Gasteiger partial charge in [0, 0.05) is 13.1 Å². The highest BCUT2D eigenvalue weighted by Gasteiger charge is 1.97. The maximum atomic E-state index is 11.2. The molecule has 0 radical (unpaired) electrons. The number of rotatable bonds is 10. The van der Waals surface area contributed by atoms with E-state index < -0.39 is 0 Å². The molecular formula is C11H20N2OS2. The van der Waals surface area contributed by atoms with Crippen LogP contribution in [-0.4, -0.2) is 30.6 Å². The number of thioether (sulfide) groups is 2. The van der Waals surface area contributed by atoms with Gasteiger partial charge in [-0.25, -0.2) is 4.79 Å². The van der Waals surface area contributed by atoms with E-state index >= 15 is 0 Å². The van der Waals surface area contributed by atoms with Gasteiger partial charge in [0.1, 0.15) is 0 Å². The summed E-state index contributed by atoms with van der Waals surface area (Å²) in [6, 6.07) is -0.0767. The molecule has 0 saturated carbocycles. The standard InChI is InChI=1S/C11H20N2OS2/c1-3-15-9-5-7-12-11(14)13-8-6-10-16-4-2/h3-4H,1-2,5-10H2,(H2,12,13,14). The lowest BCUT2D eigenvalue weighted by atomic mass is 10.4. The molecule has 0 aliphatic rings. The second kappa shape index (κ2) is 12.5. The van der Waals surface area contributed by atoms with E-state index in [1.165, 1.54) is 0 Å². The molecule has 0 aliphatic carbocycles. The molecule has 0 aromatic rings. The molecule has 3 nitrogen and oxygen atoms in total. The molecule has 2 amide bonds. The molecule has 0 atom stereocenters. The van der Waals surface area contributed by atoms with Gasteiger partial charge in [-0.2, -0.15) is 0 Å². The molecule has 0 fully saturated rings. The second-order valence-corrected chi connectivity index (χ2v) is 5.11. The zero-order valence-electron chi connectivity index (χ0n) is 9.54. The van der Waals surface area contributed by atoms with E-state index in [1.54, 1.807) is 23.5 Å². The van der Waals surface area contributed by atoms with Gasteiger partial charge in [-0.1, -0.05) is 13.2 Å². The molecular weight excluding hydrogens is 240 g/mol. The summed E-state index contributed by atoms with van der Waals surface area (Å²) in [7, 11) is 0. The van der Waals surface area contributed by atoms with Crippen LogP contribution in [0.5, 0.6) is 0 Å². The Hall–Kier alpha value is -0.550. The first-order valence-corrected chi connectivity index (χ1v) is 7.37. The first-order chi connectivity index (χ1) is 7.81. The molecule has 0 aliphatic heterocycles. The molecule has 0 aromatic carbocycles. The summed E-state index contributed by atoms with van der Waals surface area (Å²) in [5.74, 6) is 2.00. The smallest absolute Gasteiger partial charge is 0.314 e. The van der Waals surface area contributed by atoms with Gasteiger partial charge in [0.05, 0.1) is 0 Å². The Bertz CT molecular complexity index is 190. The van der Waals surface area contributed by atoms with Crippen molar-refractivity contribution in [2.75, 3.05) is 24.6 Å². The van der Waals surface area contributed by atoms with Crippen LogP contribution in [0, 0.1) is 0 Å². The quantitative estimate of drug-likeness (QED) is 0.593. The van der Waals surface area contributed by atoms with E-state index in [4.69, 9.17) is 0 Å². The van der Waals surface area contributed by atoms with Gasteiger partial charge in [0.2, 0.25) is 0 Å². The van der Waals surface area contributed by atoms with Crippen molar-refractivity contribution in [3.63, 3.8) is 0 Å².